The molecule has 3 aromatic rings. The van der Waals surface area contributed by atoms with Crippen LogP contribution in [-0.4, -0.2) is 25.3 Å². The minimum Gasteiger partial charge on any atom is -0.490 e. The summed E-state index contributed by atoms with van der Waals surface area (Å²) in [5.74, 6) is -2.13. The Morgan fingerprint density at radius 3 is 2.60 bits per heavy atom. The average molecular weight is 631 g/mol. The summed E-state index contributed by atoms with van der Waals surface area (Å²) in [5, 5.41) is 10.3. The van der Waals surface area contributed by atoms with Crippen LogP contribution in [0.2, 0.25) is 0 Å². The summed E-state index contributed by atoms with van der Waals surface area (Å²) in [6.45, 7) is 3.47. The Morgan fingerprint density at radius 1 is 1.29 bits per heavy atom. The van der Waals surface area contributed by atoms with Crippen LogP contribution in [0.5, 0.6) is 5.75 Å². The number of benzene rings is 1. The first-order chi connectivity index (χ1) is 16.5. The van der Waals surface area contributed by atoms with Crippen molar-refractivity contribution in [2.45, 2.75) is 61.2 Å². The molecule has 0 spiro atoms. The maximum atomic E-state index is 13.7. The molecule has 1 aromatic carbocycles. The van der Waals surface area contributed by atoms with Crippen molar-refractivity contribution >= 4 is 51.9 Å². The lowest BCUT2D eigenvalue weighted by Crippen LogP contribution is -2.30. The second-order valence-corrected chi connectivity index (χ2v) is 13.0. The molecule has 1 aliphatic rings. The van der Waals surface area contributed by atoms with Gasteiger partial charge in [0.25, 0.3) is 5.56 Å². The molecule has 11 heteroatoms. The highest BCUT2D eigenvalue weighted by atomic mass is 127. The number of aromatic nitrogens is 2. The fraction of sp³-hybridized carbons (Fsp3) is 0.417. The number of aryl methyl sites for hydroxylation is 1. The van der Waals surface area contributed by atoms with Crippen LogP contribution in [0.4, 0.5) is 8.78 Å². The van der Waals surface area contributed by atoms with Gasteiger partial charge in [-0.05, 0) is 51.0 Å². The Kier molecular flexibility index (Phi) is 7.37. The fourth-order valence-corrected chi connectivity index (χ4v) is 6.66. The predicted molar refractivity (Wildman–Crippen MR) is 145 cm³/mol. The summed E-state index contributed by atoms with van der Waals surface area (Å²) in [7, 11) is 1.93. The molecular formula is C24H25F2IN4O2S2. The highest BCUT2D eigenvalue weighted by molar-refractivity contribution is 14.2. The van der Waals surface area contributed by atoms with E-state index in [4.69, 9.17) is 9.52 Å². The third-order valence-corrected chi connectivity index (χ3v) is 9.84. The molecule has 1 N–H and O–H groups in total. The summed E-state index contributed by atoms with van der Waals surface area (Å²) < 4.78 is 44.8. The van der Waals surface area contributed by atoms with Gasteiger partial charge in [-0.3, -0.25) is 13.5 Å². The van der Waals surface area contributed by atoms with Crippen molar-refractivity contribution in [3.8, 4) is 22.9 Å². The molecule has 0 radical (unpaired) electrons. The van der Waals surface area contributed by atoms with Gasteiger partial charge in [0.1, 0.15) is 16.0 Å². The molecule has 1 unspecified atom stereocenters. The molecule has 1 atom stereocenters. The van der Waals surface area contributed by atoms with Crippen molar-refractivity contribution in [1.82, 2.24) is 8.54 Å². The number of fused-ring (bicyclic) bond motifs is 1. The van der Waals surface area contributed by atoms with Crippen molar-refractivity contribution in [1.29, 1.82) is 10.0 Å². The van der Waals surface area contributed by atoms with Crippen molar-refractivity contribution in [3.05, 3.63) is 47.0 Å². The highest BCUT2D eigenvalue weighted by Crippen LogP contribution is 2.41. The monoisotopic (exact) mass is 630 g/mol. The number of alkyl halides is 2. The largest absolute Gasteiger partial charge is 0.490 e. The normalized spacial score (nSPS) is 17.3. The SMILES string of the molecule is Cn1cc(-c2cc(S(=N)C(C)(C)C#N)ccc2OC2CCC(F)(F)CC2)c2ccn(SI)c2c1=O. The van der Waals surface area contributed by atoms with E-state index < -0.39 is 21.4 Å². The molecule has 1 aliphatic carbocycles. The number of ether oxygens (including phenoxy) is 1. The quantitative estimate of drug-likeness (QED) is 0.302. The van der Waals surface area contributed by atoms with E-state index in [-0.39, 0.29) is 37.3 Å². The second kappa shape index (κ2) is 9.86. The number of hydrogen-bond donors (Lipinski definition) is 1. The van der Waals surface area contributed by atoms with Crippen molar-refractivity contribution in [2.24, 2.45) is 7.05 Å². The molecule has 35 heavy (non-hydrogen) atoms. The van der Waals surface area contributed by atoms with E-state index in [0.717, 1.165) is 10.9 Å². The van der Waals surface area contributed by atoms with Crippen molar-refractivity contribution in [2.75, 3.05) is 0 Å². The van der Waals surface area contributed by atoms with Gasteiger partial charge in [-0.25, -0.2) is 8.78 Å². The first-order valence-electron chi connectivity index (χ1n) is 11.0. The van der Waals surface area contributed by atoms with E-state index in [9.17, 15) is 18.8 Å². The van der Waals surface area contributed by atoms with Crippen LogP contribution in [0.3, 0.4) is 0 Å². The molecule has 6 nitrogen and oxygen atoms in total. The molecule has 1 saturated carbocycles. The number of halogens is 3. The Labute approximate surface area is 221 Å². The van der Waals surface area contributed by atoms with E-state index in [1.165, 1.54) is 13.7 Å². The van der Waals surface area contributed by atoms with E-state index in [2.05, 4.69) is 27.3 Å². The van der Waals surface area contributed by atoms with Crippen LogP contribution >= 0.6 is 30.3 Å². The van der Waals surface area contributed by atoms with Gasteiger partial charge >= 0.3 is 0 Å². The molecule has 4 rings (SSSR count). The van der Waals surface area contributed by atoms with E-state index in [1.54, 1.807) is 43.2 Å². The Bertz CT molecular complexity index is 1400. The second-order valence-electron chi connectivity index (χ2n) is 9.19. The molecule has 2 heterocycles. The standard InChI is InChI=1S/C24H25F2IN4O2S2/c1-23(2,14-28)35(29)16-4-5-20(33-15-6-9-24(25,26)10-7-15)18(12-16)19-13-30(3)22(32)21-17(19)8-11-31(21)34-27/h4-5,8,11-13,15,29H,6-7,9-10H2,1-3H3. The zero-order valence-corrected chi connectivity index (χ0v) is 23.3. The molecule has 186 valence electrons. The van der Waals surface area contributed by atoms with E-state index in [0.29, 0.717) is 21.7 Å². The molecule has 0 saturated heterocycles. The van der Waals surface area contributed by atoms with Gasteiger partial charge in [0.15, 0.2) is 0 Å². The summed E-state index contributed by atoms with van der Waals surface area (Å²) >= 11 is 2.12. The first-order valence-corrected chi connectivity index (χ1v) is 15.6. The van der Waals surface area contributed by atoms with Crippen LogP contribution in [0.25, 0.3) is 22.0 Å². The van der Waals surface area contributed by atoms with Gasteiger partial charge in [0.05, 0.1) is 12.2 Å². The van der Waals surface area contributed by atoms with Crippen LogP contribution < -0.4 is 10.3 Å². The topological polar surface area (TPSA) is 83.8 Å². The summed E-state index contributed by atoms with van der Waals surface area (Å²) in [6, 6.07) is 9.47. The molecule has 0 amide bonds. The van der Waals surface area contributed by atoms with Crippen molar-refractivity contribution in [3.63, 3.8) is 0 Å². The molecule has 0 bridgehead atoms. The number of hydrogen-bond acceptors (Lipinski definition) is 5. The van der Waals surface area contributed by atoms with Crippen molar-refractivity contribution < 1.29 is 13.5 Å². The lowest BCUT2D eigenvalue weighted by molar-refractivity contribution is -0.0581. The highest BCUT2D eigenvalue weighted by Gasteiger charge is 2.36. The maximum absolute atomic E-state index is 13.7. The number of nitriles is 1. The molecular weight excluding hydrogens is 605 g/mol. The van der Waals surface area contributed by atoms with Gasteiger partial charge in [-0.15, -0.1) is 0 Å². The van der Waals surface area contributed by atoms with E-state index >= 15 is 0 Å². The van der Waals surface area contributed by atoms with Gasteiger partial charge in [-0.2, -0.15) is 5.26 Å². The molecule has 0 aliphatic heterocycles. The summed E-state index contributed by atoms with van der Waals surface area (Å²) in [5.41, 5.74) is 1.81. The Balaban J connectivity index is 1.88. The zero-order chi connectivity index (χ0) is 25.5. The number of pyridine rings is 1. The van der Waals surface area contributed by atoms with Crippen LogP contribution in [0.1, 0.15) is 39.5 Å². The molecule has 1 fully saturated rings. The van der Waals surface area contributed by atoms with Gasteiger partial charge in [0, 0.05) is 84.0 Å². The summed E-state index contributed by atoms with van der Waals surface area (Å²) in [6.07, 6.45) is 3.31. The van der Waals surface area contributed by atoms with Gasteiger partial charge in [0.2, 0.25) is 5.92 Å². The number of rotatable bonds is 6. The summed E-state index contributed by atoms with van der Waals surface area (Å²) in [4.78, 5) is 13.6. The predicted octanol–water partition coefficient (Wildman–Crippen LogP) is 6.85. The smallest absolute Gasteiger partial charge is 0.275 e. The van der Waals surface area contributed by atoms with Crippen LogP contribution in [-0.2, 0) is 17.7 Å². The third-order valence-electron chi connectivity index (χ3n) is 6.28. The molecule has 2 aromatic heterocycles. The minimum atomic E-state index is -2.65. The fourth-order valence-electron chi connectivity index (χ4n) is 4.20. The van der Waals surface area contributed by atoms with E-state index in [1.807, 2.05) is 18.3 Å². The first kappa shape index (κ1) is 26.2. The third kappa shape index (κ3) is 5.15. The lowest BCUT2D eigenvalue weighted by Gasteiger charge is -2.29. The number of nitrogens with one attached hydrogen (secondary N) is 1. The number of nitrogens with zero attached hydrogens (tertiary/aromatic N) is 3. The van der Waals surface area contributed by atoms with Crippen LogP contribution in [0, 0.1) is 16.1 Å². The van der Waals surface area contributed by atoms with Crippen LogP contribution in [0.15, 0.2) is 46.3 Å². The Hall–Kier alpha value is -1.91. The van der Waals surface area contributed by atoms with Gasteiger partial charge in [-0.1, -0.05) is 10.7 Å². The average Bonchev–Trinajstić information content (AvgIpc) is 3.27. The minimum absolute atomic E-state index is 0.142. The maximum Gasteiger partial charge on any atom is 0.275 e. The van der Waals surface area contributed by atoms with Gasteiger partial charge < -0.3 is 9.30 Å². The zero-order valence-electron chi connectivity index (χ0n) is 19.5. The Morgan fingerprint density at radius 2 is 1.97 bits per heavy atom. The lowest BCUT2D eigenvalue weighted by atomic mass is 9.94.